The minimum atomic E-state index is -0.807. The smallest absolute Gasteiger partial charge is 0.300 e. The van der Waals surface area contributed by atoms with Gasteiger partial charge < -0.3 is 9.84 Å². The first-order valence-electron chi connectivity index (χ1n) is 10.1. The summed E-state index contributed by atoms with van der Waals surface area (Å²) in [6, 6.07) is 18.9. The number of rotatable bonds is 4. The van der Waals surface area contributed by atoms with Crippen LogP contribution in [0.2, 0.25) is 5.02 Å². The maximum atomic E-state index is 13.3. The molecule has 3 aromatic rings. The highest BCUT2D eigenvalue weighted by Crippen LogP contribution is 2.44. The summed E-state index contributed by atoms with van der Waals surface area (Å²) in [6.45, 7) is 3.81. The molecule has 162 valence electrons. The SMILES string of the molecule is COc1ccc(Cl)c(/C(O)=C2\C(=O)C(=O)N(c3ccccc3C)C2c2cccc(C)c2)c1. The Labute approximate surface area is 191 Å². The molecule has 1 saturated heterocycles. The number of carbonyl (C=O) groups is 2. The van der Waals surface area contributed by atoms with Crippen LogP contribution in [-0.4, -0.2) is 23.9 Å². The largest absolute Gasteiger partial charge is 0.507 e. The van der Waals surface area contributed by atoms with Gasteiger partial charge in [0.05, 0.1) is 23.7 Å². The highest BCUT2D eigenvalue weighted by atomic mass is 35.5. The Kier molecular flexibility index (Phi) is 5.76. The fraction of sp³-hybridized carbons (Fsp3) is 0.154. The second-order valence-electron chi connectivity index (χ2n) is 7.72. The van der Waals surface area contributed by atoms with E-state index in [1.54, 1.807) is 24.3 Å². The van der Waals surface area contributed by atoms with Crippen LogP contribution in [0.3, 0.4) is 0 Å². The molecule has 0 aromatic heterocycles. The zero-order chi connectivity index (χ0) is 23.0. The third-order valence-electron chi connectivity index (χ3n) is 5.61. The van der Waals surface area contributed by atoms with Gasteiger partial charge in [-0.3, -0.25) is 14.5 Å². The summed E-state index contributed by atoms with van der Waals surface area (Å²) in [5.74, 6) is -1.34. The van der Waals surface area contributed by atoms with E-state index in [2.05, 4.69) is 0 Å². The molecule has 6 heteroatoms. The highest BCUT2D eigenvalue weighted by molar-refractivity contribution is 6.52. The lowest BCUT2D eigenvalue weighted by Crippen LogP contribution is -2.30. The number of methoxy groups -OCH3 is 1. The van der Waals surface area contributed by atoms with Gasteiger partial charge in [0.25, 0.3) is 11.7 Å². The van der Waals surface area contributed by atoms with Crippen molar-refractivity contribution in [2.24, 2.45) is 0 Å². The molecule has 0 spiro atoms. The maximum absolute atomic E-state index is 13.3. The molecule has 1 N–H and O–H groups in total. The highest BCUT2D eigenvalue weighted by Gasteiger charge is 2.47. The van der Waals surface area contributed by atoms with Crippen molar-refractivity contribution in [2.45, 2.75) is 19.9 Å². The molecule has 4 rings (SSSR count). The number of Topliss-reactive ketones (excluding diaryl/α,β-unsaturated/α-hetero) is 1. The van der Waals surface area contributed by atoms with E-state index in [0.717, 1.165) is 11.1 Å². The maximum Gasteiger partial charge on any atom is 0.300 e. The van der Waals surface area contributed by atoms with Crippen molar-refractivity contribution < 1.29 is 19.4 Å². The van der Waals surface area contributed by atoms with Crippen LogP contribution >= 0.6 is 11.6 Å². The molecule has 3 aromatic carbocycles. The third-order valence-corrected chi connectivity index (χ3v) is 5.94. The quantitative estimate of drug-likeness (QED) is 0.321. The number of anilines is 1. The molecule has 1 atom stereocenters. The number of aliphatic hydroxyl groups is 1. The lowest BCUT2D eigenvalue weighted by atomic mass is 9.94. The zero-order valence-corrected chi connectivity index (χ0v) is 18.7. The van der Waals surface area contributed by atoms with E-state index in [0.29, 0.717) is 17.0 Å². The lowest BCUT2D eigenvalue weighted by molar-refractivity contribution is -0.132. The Balaban J connectivity index is 2.01. The van der Waals surface area contributed by atoms with E-state index in [-0.39, 0.29) is 21.9 Å². The summed E-state index contributed by atoms with van der Waals surface area (Å²) >= 11 is 6.35. The van der Waals surface area contributed by atoms with Crippen molar-refractivity contribution in [1.29, 1.82) is 0 Å². The summed E-state index contributed by atoms with van der Waals surface area (Å²) in [5.41, 5.74) is 3.35. The van der Waals surface area contributed by atoms with Gasteiger partial charge in [0.1, 0.15) is 11.5 Å². The number of nitrogens with zero attached hydrogens (tertiary/aromatic N) is 1. The van der Waals surface area contributed by atoms with E-state index >= 15 is 0 Å². The van der Waals surface area contributed by atoms with Crippen LogP contribution in [0, 0.1) is 13.8 Å². The predicted molar refractivity (Wildman–Crippen MR) is 125 cm³/mol. The van der Waals surface area contributed by atoms with Crippen molar-refractivity contribution in [3.63, 3.8) is 0 Å². The molecular weight excluding hydrogens is 426 g/mol. The Hall–Kier alpha value is -3.57. The number of ketones is 1. The number of aliphatic hydroxyl groups excluding tert-OH is 1. The third kappa shape index (κ3) is 3.65. The van der Waals surface area contributed by atoms with E-state index in [9.17, 15) is 14.7 Å². The molecule has 1 fully saturated rings. The number of amides is 1. The van der Waals surface area contributed by atoms with Crippen LogP contribution in [-0.2, 0) is 9.59 Å². The van der Waals surface area contributed by atoms with E-state index in [4.69, 9.17) is 16.3 Å². The average molecular weight is 448 g/mol. The first kappa shape index (κ1) is 21.7. The van der Waals surface area contributed by atoms with Gasteiger partial charge in [0.2, 0.25) is 0 Å². The number of halogens is 1. The van der Waals surface area contributed by atoms with Crippen molar-refractivity contribution in [1.82, 2.24) is 0 Å². The number of ether oxygens (including phenoxy) is 1. The van der Waals surface area contributed by atoms with E-state index in [1.165, 1.54) is 12.0 Å². The topological polar surface area (TPSA) is 66.8 Å². The minimum absolute atomic E-state index is 0.0148. The van der Waals surface area contributed by atoms with Crippen molar-refractivity contribution >= 4 is 34.7 Å². The molecule has 0 radical (unpaired) electrons. The molecule has 0 aliphatic carbocycles. The molecule has 1 heterocycles. The number of carbonyl (C=O) groups excluding carboxylic acids is 2. The normalized spacial score (nSPS) is 17.6. The number of para-hydroxylation sites is 1. The summed E-state index contributed by atoms with van der Waals surface area (Å²) < 4.78 is 5.25. The standard InChI is InChI=1S/C26H22ClNO4/c1-15-7-6-9-17(13-15)23-22(24(29)19-14-18(32-3)11-12-20(19)27)25(30)26(31)28(23)21-10-5-4-8-16(21)2/h4-14,23,29H,1-3H3/b24-22+. The first-order valence-corrected chi connectivity index (χ1v) is 10.5. The summed E-state index contributed by atoms with van der Waals surface area (Å²) in [7, 11) is 1.50. The Morgan fingerprint density at radius 2 is 1.75 bits per heavy atom. The summed E-state index contributed by atoms with van der Waals surface area (Å²) in [5, 5.41) is 11.5. The number of hydrogen-bond donors (Lipinski definition) is 1. The Morgan fingerprint density at radius 3 is 2.44 bits per heavy atom. The summed E-state index contributed by atoms with van der Waals surface area (Å²) in [4.78, 5) is 28.0. The van der Waals surface area contributed by atoms with Crippen LogP contribution in [0.4, 0.5) is 5.69 Å². The van der Waals surface area contributed by atoms with E-state index < -0.39 is 17.7 Å². The minimum Gasteiger partial charge on any atom is -0.507 e. The van der Waals surface area contributed by atoms with Gasteiger partial charge in [-0.1, -0.05) is 59.6 Å². The number of benzene rings is 3. The fourth-order valence-corrected chi connectivity index (χ4v) is 4.24. The predicted octanol–water partition coefficient (Wildman–Crippen LogP) is 5.59. The second kappa shape index (κ2) is 8.52. The van der Waals surface area contributed by atoms with Crippen LogP contribution < -0.4 is 9.64 Å². The number of aryl methyl sites for hydroxylation is 2. The Morgan fingerprint density at radius 1 is 1.00 bits per heavy atom. The molecule has 5 nitrogen and oxygen atoms in total. The summed E-state index contributed by atoms with van der Waals surface area (Å²) in [6.07, 6.45) is 0. The molecular formula is C26H22ClNO4. The number of hydrogen-bond acceptors (Lipinski definition) is 4. The van der Waals surface area contributed by atoms with Gasteiger partial charge >= 0.3 is 0 Å². The van der Waals surface area contributed by atoms with Crippen molar-refractivity contribution in [2.75, 3.05) is 12.0 Å². The second-order valence-corrected chi connectivity index (χ2v) is 8.12. The van der Waals surface area contributed by atoms with Gasteiger partial charge in [-0.15, -0.1) is 0 Å². The van der Waals surface area contributed by atoms with Crippen LogP contribution in [0.25, 0.3) is 5.76 Å². The Bertz CT molecular complexity index is 1260. The molecule has 1 aliphatic rings. The molecule has 32 heavy (non-hydrogen) atoms. The monoisotopic (exact) mass is 447 g/mol. The first-order chi connectivity index (χ1) is 15.3. The van der Waals surface area contributed by atoms with Gasteiger partial charge in [0, 0.05) is 11.3 Å². The molecule has 1 aliphatic heterocycles. The van der Waals surface area contributed by atoms with Crippen molar-refractivity contribution in [3.8, 4) is 5.75 Å². The fourth-order valence-electron chi connectivity index (χ4n) is 4.03. The lowest BCUT2D eigenvalue weighted by Gasteiger charge is -2.27. The van der Waals surface area contributed by atoms with Crippen LogP contribution in [0.15, 0.2) is 72.3 Å². The van der Waals surface area contributed by atoms with Gasteiger partial charge in [-0.25, -0.2) is 0 Å². The molecule has 0 bridgehead atoms. The zero-order valence-electron chi connectivity index (χ0n) is 17.9. The molecule has 0 saturated carbocycles. The van der Waals surface area contributed by atoms with Crippen molar-refractivity contribution in [3.05, 3.63) is 99.6 Å². The van der Waals surface area contributed by atoms with Gasteiger partial charge in [-0.05, 0) is 49.2 Å². The molecule has 1 unspecified atom stereocenters. The van der Waals surface area contributed by atoms with E-state index in [1.807, 2.05) is 56.3 Å². The average Bonchev–Trinajstić information content (AvgIpc) is 3.04. The molecule has 1 amide bonds. The van der Waals surface area contributed by atoms with Crippen LogP contribution in [0.1, 0.15) is 28.3 Å². The van der Waals surface area contributed by atoms with Gasteiger partial charge in [0.15, 0.2) is 0 Å². The van der Waals surface area contributed by atoms with Gasteiger partial charge in [-0.2, -0.15) is 0 Å². The van der Waals surface area contributed by atoms with Crippen LogP contribution in [0.5, 0.6) is 5.75 Å².